The second-order valence-electron chi connectivity index (χ2n) is 9.76. The molecule has 0 unspecified atom stereocenters. The minimum Gasteiger partial charge on any atom is -0.378 e. The molecule has 2 aromatic rings. The van der Waals surface area contributed by atoms with Gasteiger partial charge in [0.15, 0.2) is 0 Å². The number of rotatable bonds is 20. The van der Waals surface area contributed by atoms with Crippen LogP contribution < -0.4 is 0 Å². The first-order valence-electron chi connectivity index (χ1n) is 13.8. The van der Waals surface area contributed by atoms with Crippen molar-refractivity contribution in [2.75, 3.05) is 65.6 Å². The van der Waals surface area contributed by atoms with E-state index in [1.165, 1.54) is 11.1 Å². The maximum atomic E-state index is 12.3. The minimum atomic E-state index is -3.04. The molecule has 0 fully saturated rings. The third-order valence-corrected chi connectivity index (χ3v) is 6.99. The molecule has 2 rings (SSSR count). The molecule has 0 saturated carbocycles. The van der Waals surface area contributed by atoms with Gasteiger partial charge in [-0.25, -0.2) is 0 Å². The van der Waals surface area contributed by atoms with Crippen molar-refractivity contribution >= 4 is 29.6 Å². The normalized spacial score (nSPS) is 11.9. The highest BCUT2D eigenvalue weighted by molar-refractivity contribution is 9.26. The predicted molar refractivity (Wildman–Crippen MR) is 167 cm³/mol. The summed E-state index contributed by atoms with van der Waals surface area (Å²) in [5.74, 6) is 0. The van der Waals surface area contributed by atoms with Crippen LogP contribution >= 0.6 is 22.9 Å². The summed E-state index contributed by atoms with van der Waals surface area (Å²) >= 11 is 3.51. The molecule has 0 aliphatic heterocycles. The van der Waals surface area contributed by atoms with Gasteiger partial charge in [-0.1, -0.05) is 80.3 Å². The molecule has 10 heteroatoms. The average molecular weight is 647 g/mol. The Balaban J connectivity index is 0.00000139. The van der Waals surface area contributed by atoms with Crippen LogP contribution in [0.2, 0.25) is 19.6 Å². The van der Waals surface area contributed by atoms with Gasteiger partial charge in [-0.05, 0) is 25.0 Å². The van der Waals surface area contributed by atoms with E-state index in [1.807, 2.05) is 12.1 Å². The van der Waals surface area contributed by atoms with Crippen LogP contribution in [0, 0.1) is 0 Å². The fraction of sp³-hybridized carbons (Fsp3) is 0.586. The Morgan fingerprint density at radius 3 is 1.49 bits per heavy atom. The Bertz CT molecular complexity index is 831. The highest BCUT2D eigenvalue weighted by Crippen LogP contribution is 2.47. The summed E-state index contributed by atoms with van der Waals surface area (Å²) in [6.07, 6.45) is 0.250. The van der Waals surface area contributed by atoms with Gasteiger partial charge < -0.3 is 23.3 Å². The van der Waals surface area contributed by atoms with E-state index >= 15 is 0 Å². The second-order valence-corrected chi connectivity index (χ2v) is 23.2. The van der Waals surface area contributed by atoms with Crippen molar-refractivity contribution in [3.8, 4) is 0 Å². The topological polar surface area (TPSA) is 66.5 Å². The lowest BCUT2D eigenvalue weighted by molar-refractivity contribution is 0.0116. The molecule has 222 valence electrons. The van der Waals surface area contributed by atoms with E-state index in [2.05, 4.69) is 88.4 Å². The number of nitrogens with zero attached hydrogens (tertiary/aromatic N) is 1. The second kappa shape index (κ2) is 21.8. The summed E-state index contributed by atoms with van der Waals surface area (Å²) in [7, 11) is -3.04. The van der Waals surface area contributed by atoms with Crippen LogP contribution in [-0.2, 0) is 40.9 Å². The van der Waals surface area contributed by atoms with Gasteiger partial charge in [0, 0.05) is 19.6 Å². The molecule has 0 aromatic heterocycles. The maximum absolute atomic E-state index is 12.3. The molecule has 0 bridgehead atoms. The van der Waals surface area contributed by atoms with E-state index in [4.69, 9.17) is 23.3 Å². The van der Waals surface area contributed by atoms with Gasteiger partial charge in [0.2, 0.25) is 0 Å². The largest absolute Gasteiger partial charge is 0.378 e. The van der Waals surface area contributed by atoms with Gasteiger partial charge >= 0.3 is 7.60 Å². The van der Waals surface area contributed by atoms with Gasteiger partial charge in [0.25, 0.3) is 0 Å². The summed E-state index contributed by atoms with van der Waals surface area (Å²) < 4.78 is 39.6. The van der Waals surface area contributed by atoms with Crippen molar-refractivity contribution in [1.29, 1.82) is 0 Å². The van der Waals surface area contributed by atoms with Gasteiger partial charge in [-0.15, -0.1) is 15.3 Å². The molecule has 0 radical (unpaired) electrons. The average Bonchev–Trinajstić information content (AvgIpc) is 2.88. The summed E-state index contributed by atoms with van der Waals surface area (Å²) in [6, 6.07) is 21.0. The maximum Gasteiger partial charge on any atom is 0.332 e. The number of hydrogen-bond acceptors (Lipinski definition) is 7. The predicted octanol–water partition coefficient (Wildman–Crippen LogP) is 7.22. The van der Waals surface area contributed by atoms with E-state index in [0.29, 0.717) is 52.9 Å². The number of halogens is 1. The molecule has 0 spiro atoms. The zero-order valence-electron chi connectivity index (χ0n) is 24.5. The molecular formula is C29H49BrNO6PSi. The van der Waals surface area contributed by atoms with Crippen LogP contribution in [0.4, 0.5) is 0 Å². The first-order chi connectivity index (χ1) is 18.6. The third kappa shape index (κ3) is 21.5. The van der Waals surface area contributed by atoms with Crippen LogP contribution in [0.25, 0.3) is 0 Å². The van der Waals surface area contributed by atoms with Crippen LogP contribution in [0.15, 0.2) is 60.7 Å². The van der Waals surface area contributed by atoms with E-state index in [0.717, 1.165) is 19.6 Å². The van der Waals surface area contributed by atoms with E-state index < -0.39 is 14.3 Å². The van der Waals surface area contributed by atoms with Crippen molar-refractivity contribution in [1.82, 2.24) is 4.90 Å². The Morgan fingerprint density at radius 1 is 0.692 bits per heavy atom. The molecule has 0 heterocycles. The molecule has 0 aliphatic carbocycles. The minimum absolute atomic E-state index is 0.250. The van der Waals surface area contributed by atoms with Crippen molar-refractivity contribution in [3.05, 3.63) is 71.8 Å². The standard InChI is InChI=1S/C26H40NO6P.C3H9BrSi/c1-3-32-34(28,33-4-2)22-21-31-20-19-30-18-17-29-16-15-27(23-25-11-7-5-8-12-25)24-26-13-9-6-10-14-26;1-5(2,3)4/h5-14H,3-4,15-24H2,1-2H3;1-3H3. The lowest BCUT2D eigenvalue weighted by Gasteiger charge is -2.22. The smallest absolute Gasteiger partial charge is 0.332 e. The van der Waals surface area contributed by atoms with Gasteiger partial charge in [-0.2, -0.15) is 0 Å². The van der Waals surface area contributed by atoms with Crippen LogP contribution in [0.5, 0.6) is 0 Å². The highest BCUT2D eigenvalue weighted by Gasteiger charge is 2.22. The quantitative estimate of drug-likeness (QED) is 0.0652. The first-order valence-corrected chi connectivity index (χ1v) is 21.2. The molecule has 0 amide bonds. The molecule has 39 heavy (non-hydrogen) atoms. The molecular weight excluding hydrogens is 597 g/mol. The van der Waals surface area contributed by atoms with Gasteiger partial charge in [0.05, 0.1) is 59.0 Å². The zero-order valence-corrected chi connectivity index (χ0v) is 28.0. The lowest BCUT2D eigenvalue weighted by atomic mass is 10.1. The Hall–Kier alpha value is -0.873. The van der Waals surface area contributed by atoms with Gasteiger partial charge in [-0.3, -0.25) is 9.46 Å². The molecule has 7 nitrogen and oxygen atoms in total. The van der Waals surface area contributed by atoms with Crippen LogP contribution in [-0.4, -0.2) is 77.2 Å². The van der Waals surface area contributed by atoms with Crippen molar-refractivity contribution in [2.24, 2.45) is 0 Å². The molecule has 0 atom stereocenters. The Kier molecular flexibility index (Phi) is 20.2. The Morgan fingerprint density at radius 2 is 1.08 bits per heavy atom. The SMILES string of the molecule is CCOP(=O)(CCOCCOCCOCCN(Cc1ccccc1)Cc1ccccc1)OCC.C[Si](C)(C)Br. The van der Waals surface area contributed by atoms with E-state index in [-0.39, 0.29) is 6.16 Å². The highest BCUT2D eigenvalue weighted by atomic mass is 79.9. The van der Waals surface area contributed by atoms with Crippen molar-refractivity contribution in [3.63, 3.8) is 0 Å². The summed E-state index contributed by atoms with van der Waals surface area (Å²) in [4.78, 5) is 2.39. The summed E-state index contributed by atoms with van der Waals surface area (Å²) in [6.45, 7) is 15.7. The number of ether oxygens (including phenoxy) is 3. The summed E-state index contributed by atoms with van der Waals surface area (Å²) in [5.41, 5.74) is 2.58. The van der Waals surface area contributed by atoms with E-state index in [1.54, 1.807) is 13.8 Å². The third-order valence-electron chi connectivity index (χ3n) is 4.95. The zero-order chi connectivity index (χ0) is 28.8. The number of hydrogen-bond donors (Lipinski definition) is 0. The Labute approximate surface area is 245 Å². The van der Waals surface area contributed by atoms with Crippen LogP contribution in [0.3, 0.4) is 0 Å². The summed E-state index contributed by atoms with van der Waals surface area (Å²) in [5, 5.41) is 0. The molecule has 0 saturated heterocycles. The van der Waals surface area contributed by atoms with Crippen molar-refractivity contribution < 1.29 is 27.8 Å². The monoisotopic (exact) mass is 645 g/mol. The molecule has 2 aromatic carbocycles. The van der Waals surface area contributed by atoms with Crippen molar-refractivity contribution in [2.45, 2.75) is 46.6 Å². The van der Waals surface area contributed by atoms with E-state index in [9.17, 15) is 4.57 Å². The lowest BCUT2D eigenvalue weighted by Crippen LogP contribution is -2.27. The molecule has 0 N–H and O–H groups in total. The van der Waals surface area contributed by atoms with Crippen LogP contribution in [0.1, 0.15) is 25.0 Å². The first kappa shape index (κ1) is 36.2. The van der Waals surface area contributed by atoms with Gasteiger partial charge in [0.1, 0.15) is 6.69 Å². The fourth-order valence-electron chi connectivity index (χ4n) is 3.37. The fourth-order valence-corrected chi connectivity index (χ4v) is 4.84. The number of benzene rings is 2. The molecule has 0 aliphatic rings.